The first kappa shape index (κ1) is 12.5. The lowest BCUT2D eigenvalue weighted by molar-refractivity contribution is 0.0939. The van der Waals surface area contributed by atoms with Gasteiger partial charge in [-0.2, -0.15) is 0 Å². The summed E-state index contributed by atoms with van der Waals surface area (Å²) in [6.45, 7) is 0.677. The van der Waals surface area contributed by atoms with Crippen molar-refractivity contribution in [2.75, 3.05) is 11.9 Å². The average Bonchev–Trinajstić information content (AvgIpc) is 3.08. The van der Waals surface area contributed by atoms with E-state index in [2.05, 4.69) is 26.2 Å². The van der Waals surface area contributed by atoms with E-state index in [4.69, 9.17) is 0 Å². The normalized spacial score (nSPS) is 16.6. The molecule has 0 aliphatic heterocycles. The lowest BCUT2D eigenvalue weighted by atomic mass is 10.0. The molecular weight excluding hydrogens is 287 g/mol. The highest BCUT2D eigenvalue weighted by molar-refractivity contribution is 9.09. The Labute approximate surface area is 108 Å². The Bertz CT molecular complexity index is 403. The molecule has 1 saturated carbocycles. The van der Waals surface area contributed by atoms with Crippen molar-refractivity contribution < 1.29 is 9.18 Å². The lowest BCUT2D eigenvalue weighted by Gasteiger charge is -2.14. The zero-order valence-corrected chi connectivity index (χ0v) is 11.0. The van der Waals surface area contributed by atoms with Crippen LogP contribution in [-0.4, -0.2) is 22.8 Å². The number of pyridine rings is 1. The molecule has 0 atom stereocenters. The molecule has 1 fully saturated rings. The molecule has 0 bridgehead atoms. The molecule has 0 unspecified atom stereocenters. The van der Waals surface area contributed by atoms with Crippen molar-refractivity contribution in [3.63, 3.8) is 0 Å². The molecule has 92 valence electrons. The number of nitrogens with one attached hydrogen (secondary N) is 1. The van der Waals surface area contributed by atoms with E-state index in [1.54, 1.807) is 0 Å². The van der Waals surface area contributed by atoms with Crippen LogP contribution in [-0.2, 0) is 0 Å². The zero-order chi connectivity index (χ0) is 12.3. The lowest BCUT2D eigenvalue weighted by Crippen LogP contribution is -2.31. The number of halogens is 2. The van der Waals surface area contributed by atoms with Crippen molar-refractivity contribution >= 4 is 21.8 Å². The molecule has 1 aliphatic carbocycles. The fourth-order valence-electron chi connectivity index (χ4n) is 1.76. The van der Waals surface area contributed by atoms with Crippen LogP contribution in [0.4, 0.5) is 4.39 Å². The van der Waals surface area contributed by atoms with Crippen LogP contribution < -0.4 is 5.32 Å². The number of carbonyl (C=O) groups excluding carboxylic acids is 1. The second-order valence-corrected chi connectivity index (χ2v) is 5.28. The van der Waals surface area contributed by atoms with Gasteiger partial charge in [0.05, 0.1) is 6.20 Å². The van der Waals surface area contributed by atoms with E-state index in [1.165, 1.54) is 12.1 Å². The first-order valence-electron chi connectivity index (χ1n) is 5.61. The number of hydrogen-bond acceptors (Lipinski definition) is 2. The Kier molecular flexibility index (Phi) is 3.76. The molecular formula is C12H14BrFN2O. The number of aromatic nitrogens is 1. The summed E-state index contributed by atoms with van der Waals surface area (Å²) in [6.07, 6.45) is 4.45. The molecule has 3 nitrogen and oxygen atoms in total. The Hall–Kier alpha value is -0.970. The summed E-state index contributed by atoms with van der Waals surface area (Å²) in [4.78, 5) is 15.5. The Morgan fingerprint density at radius 2 is 2.29 bits per heavy atom. The van der Waals surface area contributed by atoms with E-state index >= 15 is 0 Å². The van der Waals surface area contributed by atoms with Crippen LogP contribution in [0.3, 0.4) is 0 Å². The molecule has 1 amide bonds. The molecule has 1 aliphatic rings. The van der Waals surface area contributed by atoms with Crippen molar-refractivity contribution in [2.24, 2.45) is 5.41 Å². The Balaban J connectivity index is 1.87. The van der Waals surface area contributed by atoms with Gasteiger partial charge in [-0.25, -0.2) is 9.37 Å². The highest BCUT2D eigenvalue weighted by Gasteiger charge is 2.41. The molecule has 5 heteroatoms. The van der Waals surface area contributed by atoms with E-state index in [0.29, 0.717) is 6.54 Å². The number of alkyl halides is 1. The largest absolute Gasteiger partial charge is 0.350 e. The van der Waals surface area contributed by atoms with Gasteiger partial charge in [-0.15, -0.1) is 0 Å². The van der Waals surface area contributed by atoms with Crippen LogP contribution in [0.5, 0.6) is 0 Å². The molecule has 2 rings (SSSR count). The Morgan fingerprint density at radius 3 is 2.82 bits per heavy atom. The molecule has 0 aromatic carbocycles. The maximum Gasteiger partial charge on any atom is 0.269 e. The van der Waals surface area contributed by atoms with Gasteiger partial charge in [-0.3, -0.25) is 4.79 Å². The Morgan fingerprint density at radius 1 is 1.53 bits per heavy atom. The van der Waals surface area contributed by atoms with Crippen LogP contribution in [0, 0.1) is 11.2 Å². The third-order valence-electron chi connectivity index (χ3n) is 3.17. The quantitative estimate of drug-likeness (QED) is 0.849. The van der Waals surface area contributed by atoms with Crippen LogP contribution >= 0.6 is 15.9 Å². The van der Waals surface area contributed by atoms with Gasteiger partial charge in [-0.1, -0.05) is 15.9 Å². The van der Waals surface area contributed by atoms with E-state index in [1.807, 2.05) is 0 Å². The molecule has 1 aromatic rings. The van der Waals surface area contributed by atoms with Crippen molar-refractivity contribution in [3.8, 4) is 0 Å². The van der Waals surface area contributed by atoms with Crippen LogP contribution in [0.1, 0.15) is 29.8 Å². The van der Waals surface area contributed by atoms with Gasteiger partial charge >= 0.3 is 0 Å². The van der Waals surface area contributed by atoms with E-state index in [0.717, 1.165) is 30.8 Å². The molecule has 1 aromatic heterocycles. The molecule has 0 saturated heterocycles. The predicted octanol–water partition coefficient (Wildman–Crippen LogP) is 2.52. The average molecular weight is 301 g/mol. The zero-order valence-electron chi connectivity index (χ0n) is 9.38. The molecule has 0 spiro atoms. The van der Waals surface area contributed by atoms with Crippen molar-refractivity contribution in [1.29, 1.82) is 0 Å². The van der Waals surface area contributed by atoms with Crippen LogP contribution in [0.15, 0.2) is 18.3 Å². The van der Waals surface area contributed by atoms with Gasteiger partial charge < -0.3 is 5.32 Å². The van der Waals surface area contributed by atoms with Crippen molar-refractivity contribution in [2.45, 2.75) is 19.3 Å². The summed E-state index contributed by atoms with van der Waals surface area (Å²) >= 11 is 3.42. The fraction of sp³-hybridized carbons (Fsp3) is 0.500. The topological polar surface area (TPSA) is 42.0 Å². The van der Waals surface area contributed by atoms with E-state index in [-0.39, 0.29) is 17.0 Å². The maximum absolute atomic E-state index is 12.6. The van der Waals surface area contributed by atoms with Gasteiger partial charge in [0.2, 0.25) is 0 Å². The summed E-state index contributed by atoms with van der Waals surface area (Å²) in [5.74, 6) is -0.662. The number of carbonyl (C=O) groups is 1. The van der Waals surface area contributed by atoms with Crippen molar-refractivity contribution in [3.05, 3.63) is 29.8 Å². The number of rotatable bonds is 5. The summed E-state index contributed by atoms with van der Waals surface area (Å²) in [5.41, 5.74) is 0.542. The first-order chi connectivity index (χ1) is 8.15. The van der Waals surface area contributed by atoms with Crippen LogP contribution in [0.25, 0.3) is 0 Å². The van der Waals surface area contributed by atoms with Gasteiger partial charge in [0.25, 0.3) is 5.91 Å². The van der Waals surface area contributed by atoms with Gasteiger partial charge in [0.1, 0.15) is 11.5 Å². The molecule has 0 radical (unpaired) electrons. The SMILES string of the molecule is O=C(NCC1(CCBr)CC1)c1ccc(F)cn1. The van der Waals surface area contributed by atoms with Gasteiger partial charge in [-0.05, 0) is 36.8 Å². The predicted molar refractivity (Wildman–Crippen MR) is 66.6 cm³/mol. The van der Waals surface area contributed by atoms with E-state index in [9.17, 15) is 9.18 Å². The summed E-state index contributed by atoms with van der Waals surface area (Å²) in [5, 5.41) is 3.82. The number of nitrogens with zero attached hydrogens (tertiary/aromatic N) is 1. The summed E-state index contributed by atoms with van der Waals surface area (Å²) in [7, 11) is 0. The smallest absolute Gasteiger partial charge is 0.269 e. The van der Waals surface area contributed by atoms with E-state index < -0.39 is 5.82 Å². The molecule has 1 N–H and O–H groups in total. The second-order valence-electron chi connectivity index (χ2n) is 4.48. The van der Waals surface area contributed by atoms with Crippen molar-refractivity contribution in [1.82, 2.24) is 10.3 Å². The molecule has 17 heavy (non-hydrogen) atoms. The number of hydrogen-bond donors (Lipinski definition) is 1. The fourth-order valence-corrected chi connectivity index (χ4v) is 2.60. The minimum Gasteiger partial charge on any atom is -0.350 e. The molecule has 1 heterocycles. The second kappa shape index (κ2) is 5.12. The maximum atomic E-state index is 12.6. The third kappa shape index (κ3) is 3.25. The third-order valence-corrected chi connectivity index (χ3v) is 3.56. The highest BCUT2D eigenvalue weighted by atomic mass is 79.9. The minimum atomic E-state index is -0.431. The highest BCUT2D eigenvalue weighted by Crippen LogP contribution is 2.48. The van der Waals surface area contributed by atoms with Gasteiger partial charge in [0, 0.05) is 11.9 Å². The monoisotopic (exact) mass is 300 g/mol. The summed E-state index contributed by atoms with van der Waals surface area (Å²) in [6, 6.07) is 2.64. The summed E-state index contributed by atoms with van der Waals surface area (Å²) < 4.78 is 12.6. The first-order valence-corrected chi connectivity index (χ1v) is 6.73. The number of amides is 1. The standard InChI is InChI=1S/C12H14BrFN2O/c13-6-5-12(3-4-12)8-16-11(17)10-2-1-9(14)7-15-10/h1-2,7H,3-6,8H2,(H,16,17). The minimum absolute atomic E-state index is 0.231. The van der Waals surface area contributed by atoms with Crippen LogP contribution in [0.2, 0.25) is 0 Å². The van der Waals surface area contributed by atoms with Gasteiger partial charge in [0.15, 0.2) is 0 Å².